The number of nitrogens with one attached hydrogen (secondary N) is 1. The standard InChI is InChI=1S/C40H62FNO3/c1-26(2)28-12-19-40(42-24-25-43)21-20-37(6)30(33(28)40)8-9-32-36(5)15-13-29(35(3,4)31(36)14-16-38(32,37)7)27-10-17-39(18-11-27,22-23-41)34(44)45/h10,13,28,30-33,42-43H,1,8-9,11-12,14-25H2,2-7H3,(H,44,45)/t28-,30+,31-,32+,33+,36-,37+,38+,39+,40-/m0/s1. The van der Waals surface area contributed by atoms with Crippen molar-refractivity contribution in [1.29, 1.82) is 0 Å². The Bertz CT molecular complexity index is 1270. The Morgan fingerprint density at radius 2 is 1.71 bits per heavy atom. The minimum Gasteiger partial charge on any atom is -0.481 e. The number of β-amino-alcohol motifs (C(OH)–C–C–N with tert-alkyl or cyclic N) is 1. The first-order valence-corrected chi connectivity index (χ1v) is 18.4. The Kier molecular flexibility index (Phi) is 8.41. The lowest BCUT2D eigenvalue weighted by atomic mass is 9.33. The summed E-state index contributed by atoms with van der Waals surface area (Å²) in [4.78, 5) is 12.1. The highest BCUT2D eigenvalue weighted by molar-refractivity contribution is 5.75. The molecule has 10 atom stereocenters. The van der Waals surface area contributed by atoms with Crippen molar-refractivity contribution in [3.8, 4) is 0 Å². The number of carboxylic acids is 1. The van der Waals surface area contributed by atoms with E-state index >= 15 is 0 Å². The first kappa shape index (κ1) is 33.4. The van der Waals surface area contributed by atoms with Gasteiger partial charge in [-0.2, -0.15) is 0 Å². The van der Waals surface area contributed by atoms with Gasteiger partial charge in [-0.15, -0.1) is 0 Å². The van der Waals surface area contributed by atoms with Gasteiger partial charge in [0.15, 0.2) is 0 Å². The highest BCUT2D eigenvalue weighted by atomic mass is 19.1. The number of hydrogen-bond donors (Lipinski definition) is 3. The molecule has 0 aliphatic heterocycles. The summed E-state index contributed by atoms with van der Waals surface area (Å²) in [5.74, 6) is 2.27. The molecule has 0 saturated heterocycles. The minimum absolute atomic E-state index is 0.0215. The second-order valence-corrected chi connectivity index (χ2v) is 18.0. The first-order valence-electron chi connectivity index (χ1n) is 18.4. The largest absolute Gasteiger partial charge is 0.481 e. The average Bonchev–Trinajstić information content (AvgIpc) is 3.37. The van der Waals surface area contributed by atoms with E-state index in [1.54, 1.807) is 0 Å². The molecule has 0 aromatic heterocycles. The molecule has 4 nitrogen and oxygen atoms in total. The van der Waals surface area contributed by atoms with Crippen molar-refractivity contribution >= 4 is 5.97 Å². The third-order valence-electron chi connectivity index (χ3n) is 16.2. The summed E-state index contributed by atoms with van der Waals surface area (Å²) < 4.78 is 13.4. The van der Waals surface area contributed by atoms with E-state index in [0.29, 0.717) is 49.0 Å². The Morgan fingerprint density at radius 3 is 2.33 bits per heavy atom. The van der Waals surface area contributed by atoms with Crippen LogP contribution in [0.25, 0.3) is 0 Å². The summed E-state index contributed by atoms with van der Waals surface area (Å²) in [7, 11) is 0. The Morgan fingerprint density at radius 1 is 0.956 bits per heavy atom. The smallest absolute Gasteiger partial charge is 0.310 e. The summed E-state index contributed by atoms with van der Waals surface area (Å²) in [5.41, 5.74) is 4.14. The SMILES string of the molecule is C=C(C)[C@@H]1CC[C@]2(NCCO)CC[C@]3(C)[C@H](CC[C@@H]4[C@@]5(C)CC=C(C6=CC[C@@](CCF)(C(=O)O)CC6)C(C)(C)[C@@H]5CC[C@]43C)[C@@H]12. The van der Waals surface area contributed by atoms with Crippen molar-refractivity contribution in [2.75, 3.05) is 19.8 Å². The van der Waals surface area contributed by atoms with Gasteiger partial charge in [0.05, 0.1) is 18.7 Å². The van der Waals surface area contributed by atoms with E-state index in [1.165, 1.54) is 68.1 Å². The molecule has 0 amide bonds. The van der Waals surface area contributed by atoms with Crippen molar-refractivity contribution in [2.45, 2.75) is 131 Å². The van der Waals surface area contributed by atoms with Gasteiger partial charge in [-0.25, -0.2) is 0 Å². The molecule has 5 heteroatoms. The maximum absolute atomic E-state index is 13.4. The van der Waals surface area contributed by atoms with Crippen LogP contribution in [0.1, 0.15) is 125 Å². The van der Waals surface area contributed by atoms with Crippen molar-refractivity contribution in [1.82, 2.24) is 5.32 Å². The van der Waals surface area contributed by atoms with E-state index in [9.17, 15) is 19.4 Å². The van der Waals surface area contributed by atoms with Gasteiger partial charge in [0, 0.05) is 12.1 Å². The molecule has 0 radical (unpaired) electrons. The number of fused-ring (bicyclic) bond motifs is 7. The maximum atomic E-state index is 13.4. The second-order valence-electron chi connectivity index (χ2n) is 18.0. The molecule has 0 unspecified atom stereocenters. The number of hydrogen-bond acceptors (Lipinski definition) is 3. The molecule has 4 saturated carbocycles. The fourth-order valence-corrected chi connectivity index (χ4v) is 13.8. The number of halogens is 1. The van der Waals surface area contributed by atoms with Crippen molar-refractivity contribution < 1.29 is 19.4 Å². The molecule has 0 aromatic rings. The molecule has 6 rings (SSSR count). The normalized spacial score (nSPS) is 47.0. The third-order valence-corrected chi connectivity index (χ3v) is 16.2. The number of rotatable bonds is 8. The fraction of sp³-hybridized carbons (Fsp3) is 0.825. The quantitative estimate of drug-likeness (QED) is 0.236. The molecular formula is C40H62FNO3. The van der Waals surface area contributed by atoms with Gasteiger partial charge in [-0.05, 0) is 153 Å². The lowest BCUT2D eigenvalue weighted by Crippen LogP contribution is -2.68. The molecular weight excluding hydrogens is 561 g/mol. The van der Waals surface area contributed by atoms with E-state index in [2.05, 4.69) is 65.6 Å². The van der Waals surface area contributed by atoms with Crippen LogP contribution in [0.3, 0.4) is 0 Å². The lowest BCUT2D eigenvalue weighted by molar-refractivity contribution is -0.221. The van der Waals surface area contributed by atoms with Crippen LogP contribution in [0.2, 0.25) is 0 Å². The van der Waals surface area contributed by atoms with E-state index in [-0.39, 0.29) is 40.2 Å². The maximum Gasteiger partial charge on any atom is 0.310 e. The summed E-state index contributed by atoms with van der Waals surface area (Å²) in [5, 5.41) is 23.7. The summed E-state index contributed by atoms with van der Waals surface area (Å²) in [6.45, 7) is 20.0. The Balaban J connectivity index is 1.31. The predicted octanol–water partition coefficient (Wildman–Crippen LogP) is 9.06. The number of carboxylic acid groups (broad SMARTS) is 1. The molecule has 0 heterocycles. The van der Waals surface area contributed by atoms with Crippen LogP contribution in [0.15, 0.2) is 35.5 Å². The van der Waals surface area contributed by atoms with Gasteiger partial charge < -0.3 is 15.5 Å². The molecule has 6 aliphatic rings. The summed E-state index contributed by atoms with van der Waals surface area (Å²) in [6, 6.07) is 0. The van der Waals surface area contributed by atoms with Gasteiger partial charge in [0.25, 0.3) is 0 Å². The molecule has 252 valence electrons. The number of alkyl halides is 1. The Hall–Kier alpha value is -1.46. The lowest BCUT2D eigenvalue weighted by Gasteiger charge is -2.72. The van der Waals surface area contributed by atoms with Crippen LogP contribution < -0.4 is 5.32 Å². The van der Waals surface area contributed by atoms with E-state index in [1.807, 2.05) is 0 Å². The number of aliphatic hydroxyl groups is 1. The first-order chi connectivity index (χ1) is 21.2. The highest BCUT2D eigenvalue weighted by Crippen LogP contribution is 2.76. The summed E-state index contributed by atoms with van der Waals surface area (Å²) in [6.07, 6.45) is 17.7. The monoisotopic (exact) mass is 623 g/mol. The number of carbonyl (C=O) groups is 1. The predicted molar refractivity (Wildman–Crippen MR) is 180 cm³/mol. The topological polar surface area (TPSA) is 69.6 Å². The molecule has 45 heavy (non-hydrogen) atoms. The van der Waals surface area contributed by atoms with E-state index in [0.717, 1.165) is 12.8 Å². The molecule has 6 aliphatic carbocycles. The molecule has 0 spiro atoms. The van der Waals surface area contributed by atoms with Gasteiger partial charge >= 0.3 is 5.97 Å². The molecule has 0 aromatic carbocycles. The number of allylic oxidation sites excluding steroid dienone is 5. The van der Waals surface area contributed by atoms with E-state index < -0.39 is 18.1 Å². The highest BCUT2D eigenvalue weighted by Gasteiger charge is 2.70. The minimum atomic E-state index is -0.944. The van der Waals surface area contributed by atoms with Crippen LogP contribution in [0, 0.1) is 56.7 Å². The van der Waals surface area contributed by atoms with Crippen molar-refractivity contribution in [2.24, 2.45) is 56.7 Å². The van der Waals surface area contributed by atoms with Crippen LogP contribution in [-0.2, 0) is 4.79 Å². The zero-order valence-corrected chi connectivity index (χ0v) is 29.2. The number of aliphatic hydroxyl groups excluding tert-OH is 1. The van der Waals surface area contributed by atoms with Crippen molar-refractivity contribution in [3.63, 3.8) is 0 Å². The Labute approximate surface area is 272 Å². The van der Waals surface area contributed by atoms with Gasteiger partial charge in [-0.1, -0.05) is 58.9 Å². The average molecular weight is 624 g/mol. The van der Waals surface area contributed by atoms with Crippen LogP contribution in [0.4, 0.5) is 4.39 Å². The fourth-order valence-electron chi connectivity index (χ4n) is 13.8. The molecule has 0 bridgehead atoms. The van der Waals surface area contributed by atoms with Crippen LogP contribution >= 0.6 is 0 Å². The zero-order valence-electron chi connectivity index (χ0n) is 29.2. The van der Waals surface area contributed by atoms with Crippen molar-refractivity contribution in [3.05, 3.63) is 35.5 Å². The van der Waals surface area contributed by atoms with Gasteiger partial charge in [-0.3, -0.25) is 9.18 Å². The van der Waals surface area contributed by atoms with Gasteiger partial charge in [0.2, 0.25) is 0 Å². The van der Waals surface area contributed by atoms with Crippen LogP contribution in [0.5, 0.6) is 0 Å². The van der Waals surface area contributed by atoms with E-state index in [4.69, 9.17) is 0 Å². The second kappa shape index (κ2) is 11.3. The molecule has 4 fully saturated rings. The number of aliphatic carboxylic acids is 1. The third kappa shape index (κ3) is 4.66. The summed E-state index contributed by atoms with van der Waals surface area (Å²) >= 11 is 0. The molecule has 3 N–H and O–H groups in total. The van der Waals surface area contributed by atoms with Gasteiger partial charge in [0.1, 0.15) is 0 Å². The zero-order chi connectivity index (χ0) is 32.6. The van der Waals surface area contributed by atoms with Crippen LogP contribution in [-0.4, -0.2) is 41.5 Å².